The molecule has 1 aliphatic heterocycles. The van der Waals surface area contributed by atoms with E-state index in [0.29, 0.717) is 24.3 Å². The van der Waals surface area contributed by atoms with Crippen LogP contribution in [0.5, 0.6) is 0 Å². The van der Waals surface area contributed by atoms with E-state index in [-0.39, 0.29) is 17.6 Å². The molecule has 0 unspecified atom stereocenters. The number of carbonyl (C=O) groups is 1. The number of thiophene rings is 1. The lowest BCUT2D eigenvalue weighted by molar-refractivity contribution is 0.0785. The minimum absolute atomic E-state index is 0.0607. The Morgan fingerprint density at radius 1 is 1.21 bits per heavy atom. The van der Waals surface area contributed by atoms with Crippen LogP contribution in [0.15, 0.2) is 47.2 Å². The molecule has 0 bridgehead atoms. The molecule has 3 heterocycles. The van der Waals surface area contributed by atoms with E-state index in [9.17, 15) is 9.18 Å². The van der Waals surface area contributed by atoms with Gasteiger partial charge in [-0.1, -0.05) is 24.3 Å². The van der Waals surface area contributed by atoms with Crippen LogP contribution >= 0.6 is 22.7 Å². The third-order valence-corrected chi connectivity index (χ3v) is 6.16. The molecule has 24 heavy (non-hydrogen) atoms. The van der Waals surface area contributed by atoms with Crippen LogP contribution in [0.2, 0.25) is 0 Å². The molecule has 0 radical (unpaired) electrons. The summed E-state index contributed by atoms with van der Waals surface area (Å²) in [7, 11) is 0. The fourth-order valence-corrected chi connectivity index (χ4v) is 4.66. The number of halogens is 1. The number of hydrogen-bond donors (Lipinski definition) is 0. The molecule has 1 amide bonds. The van der Waals surface area contributed by atoms with Crippen LogP contribution in [0.25, 0.3) is 9.88 Å². The average Bonchev–Trinajstić information content (AvgIpc) is 3.34. The van der Waals surface area contributed by atoms with Gasteiger partial charge < -0.3 is 4.90 Å². The molecule has 1 aromatic carbocycles. The molecule has 6 heteroatoms. The number of hydrogen-bond acceptors (Lipinski definition) is 4. The van der Waals surface area contributed by atoms with E-state index in [1.54, 1.807) is 22.3 Å². The van der Waals surface area contributed by atoms with Crippen molar-refractivity contribution in [2.45, 2.75) is 12.3 Å². The highest BCUT2D eigenvalue weighted by atomic mass is 32.1. The number of nitrogens with zero attached hydrogens (tertiary/aromatic N) is 2. The van der Waals surface area contributed by atoms with Crippen molar-refractivity contribution in [3.05, 3.63) is 64.2 Å². The van der Waals surface area contributed by atoms with E-state index in [0.717, 1.165) is 16.3 Å². The van der Waals surface area contributed by atoms with Gasteiger partial charge in [-0.05, 0) is 29.5 Å². The molecular weight excluding hydrogens is 343 g/mol. The Hall–Kier alpha value is -2.05. The summed E-state index contributed by atoms with van der Waals surface area (Å²) in [5, 5.41) is 4.68. The van der Waals surface area contributed by atoms with Crippen molar-refractivity contribution in [1.82, 2.24) is 9.88 Å². The van der Waals surface area contributed by atoms with Crippen LogP contribution in [-0.4, -0.2) is 28.9 Å². The summed E-state index contributed by atoms with van der Waals surface area (Å²) in [5.74, 6) is -0.191. The van der Waals surface area contributed by atoms with E-state index >= 15 is 0 Å². The number of carbonyl (C=O) groups excluding carboxylic acids is 1. The molecule has 0 spiro atoms. The second-order valence-electron chi connectivity index (χ2n) is 5.77. The third-order valence-electron chi connectivity index (χ3n) is 4.28. The van der Waals surface area contributed by atoms with Gasteiger partial charge in [-0.15, -0.1) is 22.7 Å². The zero-order chi connectivity index (χ0) is 16.5. The van der Waals surface area contributed by atoms with Gasteiger partial charge in [0.15, 0.2) is 0 Å². The summed E-state index contributed by atoms with van der Waals surface area (Å²) in [6.45, 7) is 1.19. The fraction of sp³-hybridized carbons (Fsp3) is 0.222. The summed E-state index contributed by atoms with van der Waals surface area (Å²) in [5.41, 5.74) is 1.18. The zero-order valence-electron chi connectivity index (χ0n) is 12.8. The standard InChI is InChI=1S/C18H15FN2OS2/c19-14-5-2-1-4-13(14)12-7-8-21(10-12)18(22)15-11-24-17(20-15)16-6-3-9-23-16/h1-6,9,11-12H,7-8,10H2/t12-/m1/s1. The molecular formula is C18H15FN2OS2. The Balaban J connectivity index is 1.49. The quantitative estimate of drug-likeness (QED) is 0.683. The van der Waals surface area contributed by atoms with E-state index in [4.69, 9.17) is 0 Å². The van der Waals surface area contributed by atoms with Gasteiger partial charge in [-0.3, -0.25) is 4.79 Å². The van der Waals surface area contributed by atoms with Gasteiger partial charge in [0.05, 0.1) is 4.88 Å². The molecule has 3 aromatic rings. The molecule has 122 valence electrons. The SMILES string of the molecule is O=C(c1csc(-c2cccs2)n1)N1CC[C@@H](c2ccccc2F)C1. The van der Waals surface area contributed by atoms with Gasteiger partial charge in [0.2, 0.25) is 0 Å². The van der Waals surface area contributed by atoms with Gasteiger partial charge in [0.1, 0.15) is 16.5 Å². The first-order chi connectivity index (χ1) is 11.7. The smallest absolute Gasteiger partial charge is 0.273 e. The van der Waals surface area contributed by atoms with E-state index in [1.165, 1.54) is 17.4 Å². The lowest BCUT2D eigenvalue weighted by Gasteiger charge is -2.15. The van der Waals surface area contributed by atoms with Crippen molar-refractivity contribution in [3.63, 3.8) is 0 Å². The Morgan fingerprint density at radius 2 is 2.08 bits per heavy atom. The first-order valence-electron chi connectivity index (χ1n) is 7.75. The summed E-state index contributed by atoms with van der Waals surface area (Å²) >= 11 is 3.10. The first-order valence-corrected chi connectivity index (χ1v) is 9.51. The zero-order valence-corrected chi connectivity index (χ0v) is 14.4. The molecule has 0 N–H and O–H groups in total. The van der Waals surface area contributed by atoms with Crippen LogP contribution in [0.4, 0.5) is 4.39 Å². The minimum Gasteiger partial charge on any atom is -0.337 e. The van der Waals surface area contributed by atoms with Crippen molar-refractivity contribution in [2.24, 2.45) is 0 Å². The van der Waals surface area contributed by atoms with E-state index < -0.39 is 0 Å². The average molecular weight is 358 g/mol. The predicted octanol–water partition coefficient (Wildman–Crippen LogP) is 4.64. The lowest BCUT2D eigenvalue weighted by atomic mass is 9.98. The van der Waals surface area contributed by atoms with Crippen molar-refractivity contribution < 1.29 is 9.18 Å². The van der Waals surface area contributed by atoms with Crippen LogP contribution in [0, 0.1) is 5.82 Å². The molecule has 4 rings (SSSR count). The summed E-state index contributed by atoms with van der Waals surface area (Å²) in [6, 6.07) is 10.8. The van der Waals surface area contributed by atoms with Crippen molar-refractivity contribution in [1.29, 1.82) is 0 Å². The molecule has 1 aliphatic rings. The Kier molecular flexibility index (Phi) is 4.16. The number of benzene rings is 1. The Labute approximate surface area is 147 Å². The second-order valence-corrected chi connectivity index (χ2v) is 7.58. The van der Waals surface area contributed by atoms with E-state index in [2.05, 4.69) is 4.98 Å². The second kappa shape index (κ2) is 6.45. The van der Waals surface area contributed by atoms with Gasteiger partial charge in [0, 0.05) is 24.4 Å². The third kappa shape index (κ3) is 2.87. The minimum atomic E-state index is -0.189. The summed E-state index contributed by atoms with van der Waals surface area (Å²) in [4.78, 5) is 20.0. The normalized spacial score (nSPS) is 17.4. The maximum absolute atomic E-state index is 13.9. The molecule has 1 atom stereocenters. The fourth-order valence-electron chi connectivity index (χ4n) is 3.05. The first kappa shape index (κ1) is 15.5. The summed E-state index contributed by atoms with van der Waals surface area (Å²) < 4.78 is 13.9. The summed E-state index contributed by atoms with van der Waals surface area (Å²) in [6.07, 6.45) is 0.786. The Bertz CT molecular complexity index is 860. The van der Waals surface area contributed by atoms with Crippen molar-refractivity contribution in [2.75, 3.05) is 13.1 Å². The van der Waals surface area contributed by atoms with Crippen LogP contribution in [0.3, 0.4) is 0 Å². The van der Waals surface area contributed by atoms with E-state index in [1.807, 2.05) is 35.0 Å². The van der Waals surface area contributed by atoms with Gasteiger partial charge in [-0.2, -0.15) is 0 Å². The van der Waals surface area contributed by atoms with Crippen LogP contribution in [0.1, 0.15) is 28.4 Å². The highest BCUT2D eigenvalue weighted by Gasteiger charge is 2.30. The van der Waals surface area contributed by atoms with Crippen molar-refractivity contribution in [3.8, 4) is 9.88 Å². The lowest BCUT2D eigenvalue weighted by Crippen LogP contribution is -2.28. The molecule has 2 aromatic heterocycles. The highest BCUT2D eigenvalue weighted by Crippen LogP contribution is 2.31. The molecule has 1 fully saturated rings. The van der Waals surface area contributed by atoms with Crippen LogP contribution < -0.4 is 0 Å². The largest absolute Gasteiger partial charge is 0.337 e. The molecule has 1 saturated heterocycles. The molecule has 0 aliphatic carbocycles. The maximum Gasteiger partial charge on any atom is 0.273 e. The van der Waals surface area contributed by atoms with Crippen molar-refractivity contribution >= 4 is 28.6 Å². The van der Waals surface area contributed by atoms with Gasteiger partial charge >= 0.3 is 0 Å². The van der Waals surface area contributed by atoms with Gasteiger partial charge in [0.25, 0.3) is 5.91 Å². The maximum atomic E-state index is 13.9. The number of thiazole rings is 1. The number of amides is 1. The molecule has 0 saturated carbocycles. The monoisotopic (exact) mass is 358 g/mol. The topological polar surface area (TPSA) is 33.2 Å². The van der Waals surface area contributed by atoms with Gasteiger partial charge in [-0.25, -0.2) is 9.37 Å². The molecule has 3 nitrogen and oxygen atoms in total. The Morgan fingerprint density at radius 3 is 2.88 bits per heavy atom. The van der Waals surface area contributed by atoms with Crippen LogP contribution in [-0.2, 0) is 0 Å². The predicted molar refractivity (Wildman–Crippen MR) is 95.1 cm³/mol. The number of aromatic nitrogens is 1. The highest BCUT2D eigenvalue weighted by molar-refractivity contribution is 7.20. The number of likely N-dealkylation sites (tertiary alicyclic amines) is 1. The number of rotatable bonds is 3.